The van der Waals surface area contributed by atoms with Crippen molar-refractivity contribution in [2.75, 3.05) is 12.3 Å². The smallest absolute Gasteiger partial charge is 0.513 e. The summed E-state index contributed by atoms with van der Waals surface area (Å²) >= 11 is 0. The number of nitrogens with zero attached hydrogens (tertiary/aromatic N) is 2. The lowest BCUT2D eigenvalue weighted by atomic mass is 10.1. The Balaban J connectivity index is 2.10. The van der Waals surface area contributed by atoms with Gasteiger partial charge in [0.25, 0.3) is 0 Å². The summed E-state index contributed by atoms with van der Waals surface area (Å²) in [6.45, 7) is -0.464. The fourth-order valence-corrected chi connectivity index (χ4v) is 2.55. The molecule has 4 atom stereocenters. The van der Waals surface area contributed by atoms with Crippen LogP contribution in [0.4, 0.5) is 5.82 Å². The van der Waals surface area contributed by atoms with Crippen LogP contribution in [0.2, 0.25) is 0 Å². The molecular weight excluding hydrogens is 337 g/mol. The molecule has 10 N–H and O–H groups in total. The molecule has 1 fully saturated rings. The predicted octanol–water partition coefficient (Wildman–Crippen LogP) is -5.15. The van der Waals surface area contributed by atoms with Crippen LogP contribution < -0.4 is 28.1 Å². The highest BCUT2D eigenvalue weighted by Gasteiger charge is 2.47. The van der Waals surface area contributed by atoms with Crippen LogP contribution in [-0.2, 0) is 18.5 Å². The van der Waals surface area contributed by atoms with E-state index in [1.165, 1.54) is 12.3 Å². The van der Waals surface area contributed by atoms with Crippen molar-refractivity contribution in [3.8, 4) is 0 Å². The molecule has 130 valence electrons. The van der Waals surface area contributed by atoms with Gasteiger partial charge in [-0.25, -0.2) is 4.79 Å². The van der Waals surface area contributed by atoms with Gasteiger partial charge in [-0.1, -0.05) is 0 Å². The molecule has 0 unspecified atom stereocenters. The van der Waals surface area contributed by atoms with Gasteiger partial charge in [0.2, 0.25) is 0 Å². The van der Waals surface area contributed by atoms with E-state index in [1.807, 2.05) is 0 Å². The van der Waals surface area contributed by atoms with E-state index in [1.54, 1.807) is 0 Å². The second kappa shape index (κ2) is 7.11. The van der Waals surface area contributed by atoms with Gasteiger partial charge in [0.1, 0.15) is 30.7 Å². The summed E-state index contributed by atoms with van der Waals surface area (Å²) in [7, 11) is -3.98. The maximum atomic E-state index is 11.8. The highest BCUT2D eigenvalue weighted by Crippen LogP contribution is 2.49. The summed E-state index contributed by atoms with van der Waals surface area (Å²) in [4.78, 5) is 26.9. The maximum Gasteiger partial charge on any atom is 0.513 e. The van der Waals surface area contributed by atoms with Crippen LogP contribution in [0.5, 0.6) is 0 Å². The highest BCUT2D eigenvalue weighted by molar-refractivity contribution is 7.53. The molecule has 0 spiro atoms. The second-order valence-electron chi connectivity index (χ2n) is 4.59. The number of quaternary nitrogens is 2. The van der Waals surface area contributed by atoms with E-state index in [2.05, 4.69) is 26.0 Å². The van der Waals surface area contributed by atoms with Crippen LogP contribution in [0.25, 0.3) is 0 Å². The molecule has 1 aromatic heterocycles. The summed E-state index contributed by atoms with van der Waals surface area (Å²) in [6, 6.07) is 1.33. The number of aliphatic hydroxyl groups excluding tert-OH is 2. The third-order valence-corrected chi connectivity index (χ3v) is 4.27. The zero-order valence-electron chi connectivity index (χ0n) is 11.8. The first-order chi connectivity index (χ1) is 10.8. The Bertz CT molecular complexity index is 598. The van der Waals surface area contributed by atoms with Crippen LogP contribution in [0.1, 0.15) is 6.23 Å². The zero-order chi connectivity index (χ0) is 17.2. The topological polar surface area (TPSA) is 217 Å². The van der Waals surface area contributed by atoms with E-state index < -0.39 is 45.0 Å². The van der Waals surface area contributed by atoms with Gasteiger partial charge in [0.15, 0.2) is 6.23 Å². The number of rotatable bonds is 6. The van der Waals surface area contributed by atoms with E-state index in [-0.39, 0.29) is 5.82 Å². The van der Waals surface area contributed by atoms with Gasteiger partial charge >= 0.3 is 13.9 Å². The number of aromatic nitrogens is 2. The molecule has 1 aliphatic heterocycles. The molecule has 1 saturated heterocycles. The lowest BCUT2D eigenvalue weighted by Crippen LogP contribution is -2.58. The zero-order valence-corrected chi connectivity index (χ0v) is 12.7. The number of hydrogen-bond acceptors (Lipinski definition) is 10. The first kappa shape index (κ1) is 18.1. The van der Waals surface area contributed by atoms with Crippen LogP contribution in [0, 0.1) is 0 Å². The van der Waals surface area contributed by atoms with Crippen LogP contribution in [0.3, 0.4) is 0 Å². The maximum absolute atomic E-state index is 11.8. The third kappa shape index (κ3) is 3.81. The fraction of sp³-hybridized carbons (Fsp3) is 0.556. The van der Waals surface area contributed by atoms with Gasteiger partial charge in [-0.3, -0.25) is 4.57 Å². The average molecular weight is 355 g/mol. The number of hydrogen-bond donors (Lipinski definition) is 5. The first-order valence-corrected chi connectivity index (χ1v) is 7.75. The van der Waals surface area contributed by atoms with Crippen molar-refractivity contribution in [1.82, 2.24) is 9.55 Å². The molecule has 0 radical (unpaired) electrons. The van der Waals surface area contributed by atoms with Crippen molar-refractivity contribution >= 4 is 14.0 Å². The van der Waals surface area contributed by atoms with Crippen molar-refractivity contribution in [2.24, 2.45) is 0 Å². The van der Waals surface area contributed by atoms with Gasteiger partial charge in [0, 0.05) is 15.4 Å². The molecule has 0 aliphatic carbocycles. The second-order valence-corrected chi connectivity index (χ2v) is 6.26. The van der Waals surface area contributed by atoms with Crippen molar-refractivity contribution < 1.29 is 45.4 Å². The molecule has 14 heteroatoms. The highest BCUT2D eigenvalue weighted by atomic mass is 31.2. The normalized spacial score (nSPS) is 28.2. The lowest BCUT2D eigenvalue weighted by Gasteiger charge is -2.18. The van der Waals surface area contributed by atoms with E-state index in [4.69, 9.17) is 15.0 Å². The minimum Gasteiger partial charge on any atom is -0.596 e. The van der Waals surface area contributed by atoms with E-state index in [0.717, 1.165) is 4.57 Å². The van der Waals surface area contributed by atoms with Crippen LogP contribution in [-0.4, -0.2) is 44.7 Å². The standard InChI is InChI=1S/C9H17N5O8P/c10-5-1-2-14(9(17)13-5)8-7(16)6(15)4(20-8)3-19-23(18,21-11)22-12/h1-2,4,6-8,15-16H,3H2,11-12H3,(H-,10,13,17)/q+1/p+1/t4-,6-,7+,8-/m1/s1. The molecule has 13 nitrogen and oxygen atoms in total. The van der Waals surface area contributed by atoms with Gasteiger partial charge in [-0.05, 0) is 6.07 Å². The summed E-state index contributed by atoms with van der Waals surface area (Å²) < 4.78 is 19.7. The van der Waals surface area contributed by atoms with Crippen molar-refractivity contribution in [3.05, 3.63) is 22.7 Å². The van der Waals surface area contributed by atoms with Gasteiger partial charge in [0.05, 0.1) is 0 Å². The number of aliphatic hydroxyl groups is 2. The van der Waals surface area contributed by atoms with Crippen LogP contribution >= 0.6 is 8.17 Å². The Morgan fingerprint density at radius 3 is 2.65 bits per heavy atom. The number of anilines is 1. The van der Waals surface area contributed by atoms with Crippen molar-refractivity contribution in [2.45, 2.75) is 24.5 Å². The Kier molecular flexibility index (Phi) is 5.59. The summed E-state index contributed by atoms with van der Waals surface area (Å²) in [5.74, 6) is 5.84. The lowest BCUT2D eigenvalue weighted by molar-refractivity contribution is -0.702. The van der Waals surface area contributed by atoms with Gasteiger partial charge in [-0.2, -0.15) is 21.3 Å². The molecule has 0 aromatic carbocycles. The van der Waals surface area contributed by atoms with E-state index in [0.29, 0.717) is 0 Å². The molecular formula is C9H18N5O8P+2. The molecule has 2 heterocycles. The summed E-state index contributed by atoms with van der Waals surface area (Å²) in [5.41, 5.74) is 4.61. The van der Waals surface area contributed by atoms with Crippen LogP contribution in [0.15, 0.2) is 17.1 Å². The largest absolute Gasteiger partial charge is 0.596 e. The monoisotopic (exact) mass is 355 g/mol. The molecule has 1 aromatic rings. The fourth-order valence-electron chi connectivity index (χ4n) is 1.99. The Morgan fingerprint density at radius 2 is 2.09 bits per heavy atom. The quantitative estimate of drug-likeness (QED) is 0.241. The Labute approximate surface area is 129 Å². The summed E-state index contributed by atoms with van der Waals surface area (Å²) in [5, 5.41) is 20.0. The molecule has 0 saturated carbocycles. The third-order valence-electron chi connectivity index (χ3n) is 3.18. The van der Waals surface area contributed by atoms with E-state index in [9.17, 15) is 19.9 Å². The Hall–Kier alpha value is -1.25. The minimum absolute atomic E-state index is 0.000274. The molecule has 0 amide bonds. The Morgan fingerprint density at radius 1 is 1.43 bits per heavy atom. The van der Waals surface area contributed by atoms with Crippen molar-refractivity contribution in [3.63, 3.8) is 0 Å². The van der Waals surface area contributed by atoms with Crippen molar-refractivity contribution in [1.29, 1.82) is 0 Å². The molecule has 0 bridgehead atoms. The molecule has 2 rings (SSSR count). The van der Waals surface area contributed by atoms with E-state index >= 15 is 0 Å². The molecule has 23 heavy (non-hydrogen) atoms. The number of nitrogen functional groups attached to an aromatic ring is 1. The minimum atomic E-state index is -3.98. The van der Waals surface area contributed by atoms with Gasteiger partial charge < -0.3 is 25.6 Å². The number of nitrogens with two attached hydrogens (primary N) is 1. The SMILES string of the molecule is Nc1ccn([C@@H]2O[C@H](CO[P+]([O-])(O[NH3+])O[NH3+])[C@@H](O)[C@@H]2O)c(=O)n1. The first-order valence-electron chi connectivity index (χ1n) is 6.29. The predicted molar refractivity (Wildman–Crippen MR) is 69.7 cm³/mol. The summed E-state index contributed by atoms with van der Waals surface area (Å²) in [6.07, 6.45) is -3.95. The number of ether oxygens (including phenoxy) is 1. The number of phosphoric acid groups is 1. The average Bonchev–Trinajstić information content (AvgIpc) is 2.81. The molecule has 1 aliphatic rings. The van der Waals surface area contributed by atoms with Gasteiger partial charge in [-0.15, -0.1) is 0 Å².